The summed E-state index contributed by atoms with van der Waals surface area (Å²) in [5.74, 6) is -0.408. The van der Waals surface area contributed by atoms with Crippen LogP contribution in [-0.4, -0.2) is 12.1 Å². The SMILES string of the molecule is CC(C)OC(=O)C(N)(c1cc(Br)ccc1F)C1CC1C(C)C. The topological polar surface area (TPSA) is 52.3 Å². The van der Waals surface area contributed by atoms with Crippen LogP contribution in [0.5, 0.6) is 0 Å². The lowest BCUT2D eigenvalue weighted by Crippen LogP contribution is -2.50. The third-order valence-electron chi connectivity index (χ3n) is 4.34. The Hall–Kier alpha value is -0.940. The second kappa shape index (κ2) is 6.28. The van der Waals surface area contributed by atoms with Crippen LogP contribution in [0, 0.1) is 23.6 Å². The molecule has 3 unspecified atom stereocenters. The molecular weight excluding hydrogens is 349 g/mol. The first kappa shape index (κ1) is 17.4. The number of nitrogens with two attached hydrogens (primary N) is 1. The van der Waals surface area contributed by atoms with Gasteiger partial charge in [-0.1, -0.05) is 29.8 Å². The summed E-state index contributed by atoms with van der Waals surface area (Å²) in [6.45, 7) is 7.72. The maximum Gasteiger partial charge on any atom is 0.331 e. The van der Waals surface area contributed by atoms with Crippen LogP contribution in [0.2, 0.25) is 0 Å². The molecule has 0 amide bonds. The van der Waals surface area contributed by atoms with Crippen molar-refractivity contribution in [2.75, 3.05) is 0 Å². The van der Waals surface area contributed by atoms with Crippen LogP contribution in [0.4, 0.5) is 4.39 Å². The molecule has 122 valence electrons. The van der Waals surface area contributed by atoms with Crippen LogP contribution in [0.1, 0.15) is 39.7 Å². The minimum Gasteiger partial charge on any atom is -0.461 e. The molecule has 1 aliphatic carbocycles. The highest BCUT2D eigenvalue weighted by molar-refractivity contribution is 9.10. The Morgan fingerprint density at radius 2 is 2.05 bits per heavy atom. The van der Waals surface area contributed by atoms with E-state index in [0.29, 0.717) is 16.3 Å². The molecule has 1 fully saturated rings. The number of halogens is 2. The molecule has 2 N–H and O–H groups in total. The fourth-order valence-corrected chi connectivity index (χ4v) is 3.42. The lowest BCUT2D eigenvalue weighted by atomic mass is 9.83. The van der Waals surface area contributed by atoms with E-state index in [-0.39, 0.29) is 17.6 Å². The van der Waals surface area contributed by atoms with Gasteiger partial charge < -0.3 is 10.5 Å². The molecule has 1 saturated carbocycles. The van der Waals surface area contributed by atoms with Crippen LogP contribution >= 0.6 is 15.9 Å². The van der Waals surface area contributed by atoms with E-state index in [1.807, 2.05) is 0 Å². The van der Waals surface area contributed by atoms with Gasteiger partial charge in [-0.2, -0.15) is 0 Å². The van der Waals surface area contributed by atoms with Crippen molar-refractivity contribution < 1.29 is 13.9 Å². The van der Waals surface area contributed by atoms with Crippen molar-refractivity contribution in [3.05, 3.63) is 34.1 Å². The molecule has 1 aromatic carbocycles. The van der Waals surface area contributed by atoms with Crippen molar-refractivity contribution in [2.24, 2.45) is 23.5 Å². The molecule has 3 atom stereocenters. The first-order valence-corrected chi connectivity index (χ1v) is 8.42. The Morgan fingerprint density at radius 3 is 2.55 bits per heavy atom. The number of benzene rings is 1. The summed E-state index contributed by atoms with van der Waals surface area (Å²) in [6, 6.07) is 4.52. The molecule has 0 heterocycles. The first-order chi connectivity index (χ1) is 10.2. The average molecular weight is 372 g/mol. The third kappa shape index (κ3) is 3.20. The number of carbonyl (C=O) groups is 1. The summed E-state index contributed by atoms with van der Waals surface area (Å²) in [4.78, 5) is 12.7. The lowest BCUT2D eigenvalue weighted by Gasteiger charge is -2.30. The molecule has 0 spiro atoms. The third-order valence-corrected chi connectivity index (χ3v) is 4.83. The van der Waals surface area contributed by atoms with Crippen molar-refractivity contribution in [3.63, 3.8) is 0 Å². The van der Waals surface area contributed by atoms with E-state index in [9.17, 15) is 9.18 Å². The van der Waals surface area contributed by atoms with E-state index in [1.165, 1.54) is 6.07 Å². The van der Waals surface area contributed by atoms with E-state index in [4.69, 9.17) is 10.5 Å². The predicted molar refractivity (Wildman–Crippen MR) is 87.6 cm³/mol. The Labute approximate surface area is 139 Å². The molecule has 22 heavy (non-hydrogen) atoms. The van der Waals surface area contributed by atoms with Gasteiger partial charge >= 0.3 is 5.97 Å². The summed E-state index contributed by atoms with van der Waals surface area (Å²) >= 11 is 3.33. The molecule has 1 aromatic rings. The monoisotopic (exact) mass is 371 g/mol. The minimum absolute atomic E-state index is 0.0949. The molecule has 5 heteroatoms. The zero-order valence-corrected chi connectivity index (χ0v) is 15.0. The van der Waals surface area contributed by atoms with Gasteiger partial charge in [-0.05, 0) is 56.2 Å². The van der Waals surface area contributed by atoms with Crippen molar-refractivity contribution in [3.8, 4) is 0 Å². The average Bonchev–Trinajstić information content (AvgIpc) is 3.20. The van der Waals surface area contributed by atoms with E-state index < -0.39 is 17.3 Å². The fourth-order valence-electron chi connectivity index (χ4n) is 3.06. The molecule has 0 radical (unpaired) electrons. The van der Waals surface area contributed by atoms with Crippen LogP contribution < -0.4 is 5.73 Å². The highest BCUT2D eigenvalue weighted by Gasteiger charge is 2.58. The number of ether oxygens (including phenoxy) is 1. The zero-order chi connectivity index (χ0) is 16.7. The summed E-state index contributed by atoms with van der Waals surface area (Å²) in [6.07, 6.45) is 0.523. The zero-order valence-electron chi connectivity index (χ0n) is 13.4. The molecule has 2 rings (SSSR count). The van der Waals surface area contributed by atoms with Crippen molar-refractivity contribution >= 4 is 21.9 Å². The highest BCUT2D eigenvalue weighted by Crippen LogP contribution is 2.54. The smallest absolute Gasteiger partial charge is 0.331 e. The van der Waals surface area contributed by atoms with Crippen LogP contribution in [0.15, 0.2) is 22.7 Å². The highest BCUT2D eigenvalue weighted by atomic mass is 79.9. The van der Waals surface area contributed by atoms with E-state index in [2.05, 4.69) is 29.8 Å². The standard InChI is InChI=1S/C17H23BrFNO2/c1-9(2)12-8-13(12)17(20,16(21)22-10(3)4)14-7-11(18)5-6-15(14)19/h5-7,9-10,12-13H,8,20H2,1-4H3. The molecule has 0 aliphatic heterocycles. The quantitative estimate of drug-likeness (QED) is 0.796. The van der Waals surface area contributed by atoms with Gasteiger partial charge in [0.25, 0.3) is 0 Å². The second-order valence-electron chi connectivity index (χ2n) is 6.70. The fraction of sp³-hybridized carbons (Fsp3) is 0.588. The van der Waals surface area contributed by atoms with E-state index in [0.717, 1.165) is 6.42 Å². The summed E-state index contributed by atoms with van der Waals surface area (Å²) in [5, 5.41) is 0. The number of esters is 1. The minimum atomic E-state index is -1.44. The first-order valence-electron chi connectivity index (χ1n) is 7.63. The molecule has 3 nitrogen and oxygen atoms in total. The van der Waals surface area contributed by atoms with E-state index >= 15 is 0 Å². The largest absolute Gasteiger partial charge is 0.461 e. The Morgan fingerprint density at radius 1 is 1.41 bits per heavy atom. The van der Waals surface area contributed by atoms with Crippen LogP contribution in [0.25, 0.3) is 0 Å². The Kier molecular flexibility index (Phi) is 4.97. The van der Waals surface area contributed by atoms with Crippen molar-refractivity contribution in [1.29, 1.82) is 0 Å². The summed E-state index contributed by atoms with van der Waals surface area (Å²) in [5.41, 5.74) is 5.25. The van der Waals surface area contributed by atoms with Crippen molar-refractivity contribution in [2.45, 2.75) is 45.8 Å². The van der Waals surface area contributed by atoms with Crippen LogP contribution in [-0.2, 0) is 15.1 Å². The lowest BCUT2D eigenvalue weighted by molar-refractivity contribution is -0.156. The predicted octanol–water partition coefficient (Wildman–Crippen LogP) is 3.99. The van der Waals surface area contributed by atoms with Gasteiger partial charge in [0, 0.05) is 10.0 Å². The summed E-state index contributed by atoms with van der Waals surface area (Å²) < 4.78 is 20.4. The van der Waals surface area contributed by atoms with Gasteiger partial charge in [0.1, 0.15) is 11.4 Å². The maximum absolute atomic E-state index is 14.4. The van der Waals surface area contributed by atoms with Gasteiger partial charge in [-0.3, -0.25) is 0 Å². The van der Waals surface area contributed by atoms with Crippen molar-refractivity contribution in [1.82, 2.24) is 0 Å². The molecule has 0 aromatic heterocycles. The van der Waals surface area contributed by atoms with Gasteiger partial charge in [0.05, 0.1) is 6.10 Å². The van der Waals surface area contributed by atoms with Gasteiger partial charge in [-0.15, -0.1) is 0 Å². The Balaban J connectivity index is 2.46. The summed E-state index contributed by atoms with van der Waals surface area (Å²) in [7, 11) is 0. The second-order valence-corrected chi connectivity index (χ2v) is 7.61. The maximum atomic E-state index is 14.4. The number of hydrogen-bond acceptors (Lipinski definition) is 3. The van der Waals surface area contributed by atoms with Gasteiger partial charge in [0.2, 0.25) is 0 Å². The number of hydrogen-bond donors (Lipinski definition) is 1. The number of rotatable bonds is 5. The number of carbonyl (C=O) groups excluding carboxylic acids is 1. The molecular formula is C17H23BrFNO2. The van der Waals surface area contributed by atoms with Gasteiger partial charge in [0.15, 0.2) is 0 Å². The van der Waals surface area contributed by atoms with Crippen LogP contribution in [0.3, 0.4) is 0 Å². The normalized spacial score (nSPS) is 23.5. The molecule has 0 bridgehead atoms. The van der Waals surface area contributed by atoms with Gasteiger partial charge in [-0.25, -0.2) is 9.18 Å². The van der Waals surface area contributed by atoms with E-state index in [1.54, 1.807) is 26.0 Å². The Bertz CT molecular complexity index is 576. The molecule has 0 saturated heterocycles. The molecule has 1 aliphatic rings.